The molecule has 1 saturated heterocycles. The largest absolute Gasteiger partial charge is 0.497 e. The van der Waals surface area contributed by atoms with Crippen LogP contribution in [0.25, 0.3) is 11.3 Å². The molecule has 0 saturated carbocycles. The molecule has 4 rings (SSSR count). The molecule has 1 aromatic heterocycles. The van der Waals surface area contributed by atoms with Gasteiger partial charge in [0.05, 0.1) is 19.0 Å². The molecule has 0 radical (unpaired) electrons. The second kappa shape index (κ2) is 10.6. The number of likely N-dealkylation sites (tertiary alicyclic amines) is 1. The first kappa shape index (κ1) is 21.6. The van der Waals surface area contributed by atoms with Crippen molar-refractivity contribution in [2.45, 2.75) is 25.8 Å². The Morgan fingerprint density at radius 2 is 1.94 bits per heavy atom. The Kier molecular flexibility index (Phi) is 7.39. The Labute approximate surface area is 186 Å². The number of benzene rings is 2. The van der Waals surface area contributed by atoms with Crippen LogP contribution in [-0.4, -0.2) is 60.3 Å². The van der Waals surface area contributed by atoms with Crippen molar-refractivity contribution in [3.05, 3.63) is 71.9 Å². The van der Waals surface area contributed by atoms with Crippen LogP contribution < -0.4 is 4.74 Å². The number of hydrogen-bond donors (Lipinski definition) is 1. The predicted molar refractivity (Wildman–Crippen MR) is 126 cm³/mol. The van der Waals surface area contributed by atoms with Crippen LogP contribution in [0.15, 0.2) is 60.8 Å². The molecular weight excluding hydrogens is 384 g/mol. The van der Waals surface area contributed by atoms with Gasteiger partial charge < -0.3 is 14.5 Å². The lowest BCUT2D eigenvalue weighted by Gasteiger charge is -2.34. The van der Waals surface area contributed by atoms with E-state index < -0.39 is 0 Å². The quantitative estimate of drug-likeness (QED) is 0.557. The van der Waals surface area contributed by atoms with Gasteiger partial charge in [-0.3, -0.25) is 5.10 Å². The van der Waals surface area contributed by atoms with Crippen molar-refractivity contribution in [2.75, 3.05) is 40.3 Å². The average Bonchev–Trinajstić information content (AvgIpc) is 3.27. The summed E-state index contributed by atoms with van der Waals surface area (Å²) in [6.45, 7) is 5.58. The van der Waals surface area contributed by atoms with Crippen molar-refractivity contribution >= 4 is 0 Å². The summed E-state index contributed by atoms with van der Waals surface area (Å²) in [5.41, 5.74) is 4.98. The van der Waals surface area contributed by atoms with Crippen LogP contribution in [0, 0.1) is 5.92 Å². The SMILES string of the molecule is COc1ccc(CCN2CCC[C@H](CN(C)Cc3cn[nH]c3-c3ccccc3)C2)cc1. The fourth-order valence-electron chi connectivity index (χ4n) is 4.66. The van der Waals surface area contributed by atoms with Crippen LogP contribution in [0.2, 0.25) is 0 Å². The Morgan fingerprint density at radius 1 is 1.13 bits per heavy atom. The predicted octanol–water partition coefficient (Wildman–Crippen LogP) is 4.47. The van der Waals surface area contributed by atoms with Crippen LogP contribution in [0.1, 0.15) is 24.0 Å². The number of ether oxygens (including phenoxy) is 1. The van der Waals surface area contributed by atoms with Gasteiger partial charge in [0, 0.05) is 31.7 Å². The van der Waals surface area contributed by atoms with Gasteiger partial charge in [-0.15, -0.1) is 0 Å². The molecule has 3 aromatic rings. The number of hydrogen-bond acceptors (Lipinski definition) is 4. The van der Waals surface area contributed by atoms with Gasteiger partial charge in [-0.25, -0.2) is 0 Å². The number of H-pyrrole nitrogens is 1. The first-order valence-electron chi connectivity index (χ1n) is 11.3. The zero-order valence-electron chi connectivity index (χ0n) is 18.8. The molecule has 1 fully saturated rings. The smallest absolute Gasteiger partial charge is 0.118 e. The maximum Gasteiger partial charge on any atom is 0.118 e. The van der Waals surface area contributed by atoms with Crippen LogP contribution >= 0.6 is 0 Å². The minimum Gasteiger partial charge on any atom is -0.497 e. The molecular formula is C26H34N4O. The molecule has 1 atom stereocenters. The number of nitrogens with zero attached hydrogens (tertiary/aromatic N) is 3. The van der Waals surface area contributed by atoms with E-state index >= 15 is 0 Å². The van der Waals surface area contributed by atoms with Crippen molar-refractivity contribution in [3.8, 4) is 17.0 Å². The maximum absolute atomic E-state index is 5.26. The maximum atomic E-state index is 5.26. The molecule has 5 nitrogen and oxygen atoms in total. The first-order chi connectivity index (χ1) is 15.2. The van der Waals surface area contributed by atoms with Crippen molar-refractivity contribution in [3.63, 3.8) is 0 Å². The van der Waals surface area contributed by atoms with E-state index in [1.165, 1.54) is 42.6 Å². The summed E-state index contributed by atoms with van der Waals surface area (Å²) in [5, 5.41) is 7.49. The molecule has 0 aliphatic carbocycles. The van der Waals surface area contributed by atoms with Crippen molar-refractivity contribution in [1.29, 1.82) is 0 Å². The van der Waals surface area contributed by atoms with Crippen molar-refractivity contribution in [1.82, 2.24) is 20.0 Å². The van der Waals surface area contributed by atoms with Gasteiger partial charge in [0.15, 0.2) is 0 Å². The highest BCUT2D eigenvalue weighted by Crippen LogP contribution is 2.23. The van der Waals surface area contributed by atoms with Gasteiger partial charge in [-0.05, 0) is 62.0 Å². The molecule has 31 heavy (non-hydrogen) atoms. The summed E-state index contributed by atoms with van der Waals surface area (Å²) >= 11 is 0. The summed E-state index contributed by atoms with van der Waals surface area (Å²) in [4.78, 5) is 5.09. The number of methoxy groups -OCH3 is 1. The summed E-state index contributed by atoms with van der Waals surface area (Å²) in [6, 6.07) is 19.0. The van der Waals surface area contributed by atoms with E-state index in [0.717, 1.165) is 43.4 Å². The van der Waals surface area contributed by atoms with Crippen LogP contribution in [-0.2, 0) is 13.0 Å². The Balaban J connectivity index is 1.27. The van der Waals surface area contributed by atoms with E-state index in [9.17, 15) is 0 Å². The Bertz CT molecular complexity index is 922. The fraction of sp³-hybridized carbons (Fsp3) is 0.423. The Morgan fingerprint density at radius 3 is 2.71 bits per heavy atom. The van der Waals surface area contributed by atoms with Crippen LogP contribution in [0.5, 0.6) is 5.75 Å². The third-order valence-electron chi connectivity index (χ3n) is 6.27. The molecule has 164 valence electrons. The number of piperidine rings is 1. The van der Waals surface area contributed by atoms with E-state index in [1.807, 2.05) is 6.20 Å². The van der Waals surface area contributed by atoms with Crippen molar-refractivity contribution < 1.29 is 4.74 Å². The average molecular weight is 419 g/mol. The second-order valence-corrected chi connectivity index (χ2v) is 8.74. The van der Waals surface area contributed by atoms with Crippen LogP contribution in [0.4, 0.5) is 0 Å². The normalized spacial score (nSPS) is 17.2. The molecule has 0 amide bonds. The van der Waals surface area contributed by atoms with E-state index in [1.54, 1.807) is 7.11 Å². The molecule has 1 aliphatic heterocycles. The van der Waals surface area contributed by atoms with E-state index in [4.69, 9.17) is 4.74 Å². The molecule has 2 heterocycles. The summed E-state index contributed by atoms with van der Waals surface area (Å²) in [6.07, 6.45) is 5.69. The summed E-state index contributed by atoms with van der Waals surface area (Å²) < 4.78 is 5.26. The summed E-state index contributed by atoms with van der Waals surface area (Å²) in [7, 11) is 3.95. The second-order valence-electron chi connectivity index (χ2n) is 8.74. The number of rotatable bonds is 9. The fourth-order valence-corrected chi connectivity index (χ4v) is 4.66. The molecule has 1 aliphatic rings. The van der Waals surface area contributed by atoms with Gasteiger partial charge >= 0.3 is 0 Å². The molecule has 0 spiro atoms. The number of nitrogens with one attached hydrogen (secondary N) is 1. The minimum absolute atomic E-state index is 0.724. The molecule has 0 unspecified atom stereocenters. The van der Waals surface area contributed by atoms with E-state index in [0.29, 0.717) is 0 Å². The third kappa shape index (κ3) is 5.96. The Hall–Kier alpha value is -2.63. The molecule has 1 N–H and O–H groups in total. The van der Waals surface area contributed by atoms with Gasteiger partial charge in [-0.1, -0.05) is 42.5 Å². The monoisotopic (exact) mass is 418 g/mol. The third-order valence-corrected chi connectivity index (χ3v) is 6.27. The topological polar surface area (TPSA) is 44.4 Å². The summed E-state index contributed by atoms with van der Waals surface area (Å²) in [5.74, 6) is 1.65. The minimum atomic E-state index is 0.724. The van der Waals surface area contributed by atoms with E-state index in [-0.39, 0.29) is 0 Å². The van der Waals surface area contributed by atoms with Gasteiger partial charge in [0.25, 0.3) is 0 Å². The van der Waals surface area contributed by atoms with E-state index in [2.05, 4.69) is 81.6 Å². The lowest BCUT2D eigenvalue weighted by Crippen LogP contribution is -2.40. The zero-order valence-corrected chi connectivity index (χ0v) is 18.8. The number of aromatic amines is 1. The van der Waals surface area contributed by atoms with Crippen LogP contribution in [0.3, 0.4) is 0 Å². The molecule has 0 bridgehead atoms. The van der Waals surface area contributed by atoms with Gasteiger partial charge in [0.1, 0.15) is 5.75 Å². The number of aromatic nitrogens is 2. The standard InChI is InChI=1S/C26H34N4O/c1-29(20-24-17-27-28-26(24)23-8-4-3-5-9-23)18-22-7-6-15-30(19-22)16-14-21-10-12-25(31-2)13-11-21/h3-5,8-13,17,22H,6-7,14-16,18-20H2,1-2H3,(H,27,28)/t22-/m1/s1. The molecule has 5 heteroatoms. The highest BCUT2D eigenvalue weighted by molar-refractivity contribution is 5.62. The first-order valence-corrected chi connectivity index (χ1v) is 11.3. The highest BCUT2D eigenvalue weighted by atomic mass is 16.5. The lowest BCUT2D eigenvalue weighted by atomic mass is 9.96. The van der Waals surface area contributed by atoms with Gasteiger partial charge in [-0.2, -0.15) is 5.10 Å². The highest BCUT2D eigenvalue weighted by Gasteiger charge is 2.21. The van der Waals surface area contributed by atoms with Gasteiger partial charge in [0.2, 0.25) is 0 Å². The lowest BCUT2D eigenvalue weighted by molar-refractivity contribution is 0.142. The van der Waals surface area contributed by atoms with Crippen molar-refractivity contribution in [2.24, 2.45) is 5.92 Å². The molecule has 2 aromatic carbocycles. The zero-order chi connectivity index (χ0) is 21.5.